The topological polar surface area (TPSA) is 75.3 Å². The molecule has 0 spiro atoms. The van der Waals surface area contributed by atoms with Gasteiger partial charge in [-0.3, -0.25) is 4.79 Å². The van der Waals surface area contributed by atoms with Gasteiger partial charge in [-0.2, -0.15) is 11.8 Å². The molecule has 0 saturated carbocycles. The third-order valence-corrected chi connectivity index (χ3v) is 7.05. The molecule has 0 aliphatic carbocycles. The van der Waals surface area contributed by atoms with Gasteiger partial charge in [0, 0.05) is 34.9 Å². The van der Waals surface area contributed by atoms with Crippen LogP contribution in [0.3, 0.4) is 0 Å². The van der Waals surface area contributed by atoms with Gasteiger partial charge in [0.25, 0.3) is 0 Å². The van der Waals surface area contributed by atoms with E-state index in [4.69, 9.17) is 11.6 Å². The molecule has 9 heteroatoms. The second kappa shape index (κ2) is 10.4. The van der Waals surface area contributed by atoms with Gasteiger partial charge in [-0.15, -0.1) is 11.8 Å². The minimum absolute atomic E-state index is 0.131. The summed E-state index contributed by atoms with van der Waals surface area (Å²) >= 11 is 8.93. The Kier molecular flexibility index (Phi) is 8.50. The van der Waals surface area contributed by atoms with Gasteiger partial charge in [0.05, 0.1) is 10.6 Å². The zero-order chi connectivity index (χ0) is 19.9. The van der Waals surface area contributed by atoms with Crippen molar-refractivity contribution in [2.75, 3.05) is 23.9 Å². The van der Waals surface area contributed by atoms with E-state index in [1.165, 1.54) is 24.8 Å². The molecule has 0 heterocycles. The van der Waals surface area contributed by atoms with Crippen LogP contribution in [0.25, 0.3) is 0 Å². The number of carbonyl (C=O) groups excluding carboxylic acids is 1. The number of hydrogen-bond acceptors (Lipinski definition) is 5. The Labute approximate surface area is 173 Å². The van der Waals surface area contributed by atoms with Gasteiger partial charge < -0.3 is 5.32 Å². The van der Waals surface area contributed by atoms with Crippen molar-refractivity contribution in [3.8, 4) is 0 Å². The molecule has 27 heavy (non-hydrogen) atoms. The van der Waals surface area contributed by atoms with Gasteiger partial charge in [-0.25, -0.2) is 13.1 Å². The molecule has 2 aromatic rings. The molecule has 0 aliphatic heterocycles. The zero-order valence-electron chi connectivity index (χ0n) is 15.0. The molecule has 0 aliphatic rings. The van der Waals surface area contributed by atoms with E-state index in [0.717, 1.165) is 16.2 Å². The zero-order valence-corrected chi connectivity index (χ0v) is 18.2. The maximum Gasteiger partial charge on any atom is 0.240 e. The molecule has 2 N–H and O–H groups in total. The fourth-order valence-electron chi connectivity index (χ4n) is 2.24. The highest BCUT2D eigenvalue weighted by Gasteiger charge is 2.16. The third kappa shape index (κ3) is 7.04. The number of halogens is 1. The van der Waals surface area contributed by atoms with Crippen LogP contribution >= 0.6 is 35.1 Å². The van der Waals surface area contributed by atoms with Crippen molar-refractivity contribution in [1.82, 2.24) is 4.72 Å². The van der Waals surface area contributed by atoms with Crippen molar-refractivity contribution in [1.29, 1.82) is 0 Å². The van der Waals surface area contributed by atoms with E-state index < -0.39 is 10.0 Å². The van der Waals surface area contributed by atoms with Crippen molar-refractivity contribution in [2.24, 2.45) is 0 Å². The monoisotopic (exact) mass is 444 g/mol. The van der Waals surface area contributed by atoms with Crippen molar-refractivity contribution in [3.05, 3.63) is 53.1 Å². The lowest BCUT2D eigenvalue weighted by atomic mass is 10.2. The summed E-state index contributed by atoms with van der Waals surface area (Å²) in [5.41, 5.74) is 1.63. The van der Waals surface area contributed by atoms with Gasteiger partial charge in [-0.1, -0.05) is 23.7 Å². The molecule has 0 aromatic heterocycles. The molecule has 0 radical (unpaired) electrons. The Hall–Kier alpha value is -1.19. The Balaban J connectivity index is 1.91. The SMILES string of the molecule is CSc1ccc(S(=O)(=O)NCCSCc2ccc(Cl)cc2)cc1NC(C)=O. The van der Waals surface area contributed by atoms with E-state index in [2.05, 4.69) is 10.0 Å². The number of hydrogen-bond donors (Lipinski definition) is 2. The molecule has 2 rings (SSSR count). The molecule has 146 valence electrons. The Morgan fingerprint density at radius 2 is 1.85 bits per heavy atom. The van der Waals surface area contributed by atoms with Crippen molar-refractivity contribution >= 4 is 56.7 Å². The van der Waals surface area contributed by atoms with Crippen LogP contribution in [0.1, 0.15) is 12.5 Å². The number of sulfonamides is 1. The van der Waals surface area contributed by atoms with Crippen LogP contribution in [0, 0.1) is 0 Å². The lowest BCUT2D eigenvalue weighted by Gasteiger charge is -2.12. The molecule has 0 saturated heterocycles. The van der Waals surface area contributed by atoms with Gasteiger partial charge in [0.2, 0.25) is 15.9 Å². The lowest BCUT2D eigenvalue weighted by Crippen LogP contribution is -2.26. The van der Waals surface area contributed by atoms with Crippen LogP contribution < -0.4 is 10.0 Å². The summed E-state index contributed by atoms with van der Waals surface area (Å²) in [6.07, 6.45) is 1.87. The first-order valence-electron chi connectivity index (χ1n) is 8.09. The standard InChI is InChI=1S/C18H21ClN2O3S3/c1-13(22)21-17-11-16(7-8-18(17)25-2)27(23,24)20-9-10-26-12-14-3-5-15(19)6-4-14/h3-8,11,20H,9-10,12H2,1-2H3,(H,21,22). The molecule has 0 unspecified atom stereocenters. The van der Waals surface area contributed by atoms with Gasteiger partial charge >= 0.3 is 0 Å². The smallest absolute Gasteiger partial charge is 0.240 e. The second-order valence-corrected chi connectivity index (χ2v) is 9.78. The van der Waals surface area contributed by atoms with Crippen LogP contribution in [0.15, 0.2) is 52.3 Å². The van der Waals surface area contributed by atoms with Crippen LogP contribution in [0.4, 0.5) is 5.69 Å². The van der Waals surface area contributed by atoms with Gasteiger partial charge in [-0.05, 0) is 42.2 Å². The molecule has 5 nitrogen and oxygen atoms in total. The summed E-state index contributed by atoms with van der Waals surface area (Å²) in [6.45, 7) is 1.71. The van der Waals surface area contributed by atoms with E-state index in [0.29, 0.717) is 23.0 Å². The number of carbonyl (C=O) groups is 1. The molecular weight excluding hydrogens is 424 g/mol. The third-order valence-electron chi connectivity index (χ3n) is 3.51. The quantitative estimate of drug-likeness (QED) is 0.447. The van der Waals surface area contributed by atoms with E-state index in [1.807, 2.05) is 30.5 Å². The summed E-state index contributed by atoms with van der Waals surface area (Å²) in [5.74, 6) is 1.18. The highest BCUT2D eigenvalue weighted by atomic mass is 35.5. The first-order chi connectivity index (χ1) is 12.8. The van der Waals surface area contributed by atoms with Crippen LogP contribution in [-0.4, -0.2) is 32.9 Å². The highest BCUT2D eigenvalue weighted by Crippen LogP contribution is 2.28. The summed E-state index contributed by atoms with van der Waals surface area (Å²) in [7, 11) is -3.64. The van der Waals surface area contributed by atoms with Crippen molar-refractivity contribution in [2.45, 2.75) is 22.5 Å². The summed E-state index contributed by atoms with van der Waals surface area (Å²) < 4.78 is 27.6. The average Bonchev–Trinajstić information content (AvgIpc) is 2.62. The Morgan fingerprint density at radius 3 is 2.48 bits per heavy atom. The van der Waals surface area contributed by atoms with E-state index >= 15 is 0 Å². The normalized spacial score (nSPS) is 11.4. The predicted octanol–water partition coefficient (Wildman–Crippen LogP) is 4.23. The van der Waals surface area contributed by atoms with Crippen molar-refractivity contribution in [3.63, 3.8) is 0 Å². The second-order valence-electron chi connectivity index (χ2n) is 5.62. The number of amides is 1. The maximum atomic E-state index is 12.5. The van der Waals surface area contributed by atoms with Crippen LogP contribution in [-0.2, 0) is 20.6 Å². The molecular formula is C18H21ClN2O3S3. The van der Waals surface area contributed by atoms with Gasteiger partial charge in [0.1, 0.15) is 0 Å². The van der Waals surface area contributed by atoms with E-state index in [-0.39, 0.29) is 10.8 Å². The van der Waals surface area contributed by atoms with Crippen molar-refractivity contribution < 1.29 is 13.2 Å². The minimum Gasteiger partial charge on any atom is -0.325 e. The highest BCUT2D eigenvalue weighted by molar-refractivity contribution is 7.99. The number of benzene rings is 2. The lowest BCUT2D eigenvalue weighted by molar-refractivity contribution is -0.114. The molecule has 0 fully saturated rings. The minimum atomic E-state index is -3.64. The Bertz CT molecular complexity index is 887. The largest absolute Gasteiger partial charge is 0.325 e. The summed E-state index contributed by atoms with van der Waals surface area (Å²) in [4.78, 5) is 12.3. The molecule has 1 amide bonds. The average molecular weight is 445 g/mol. The number of anilines is 1. The fourth-order valence-corrected chi connectivity index (χ4v) is 4.91. The molecule has 0 atom stereocenters. The number of rotatable bonds is 9. The van der Waals surface area contributed by atoms with Crippen LogP contribution in [0.5, 0.6) is 0 Å². The fraction of sp³-hybridized carbons (Fsp3) is 0.278. The first kappa shape index (κ1) is 22.1. The maximum absolute atomic E-state index is 12.5. The van der Waals surface area contributed by atoms with E-state index in [1.54, 1.807) is 23.9 Å². The van der Waals surface area contributed by atoms with Gasteiger partial charge in [0.15, 0.2) is 0 Å². The number of nitrogens with one attached hydrogen (secondary N) is 2. The summed E-state index contributed by atoms with van der Waals surface area (Å²) in [5, 5.41) is 3.37. The van der Waals surface area contributed by atoms with E-state index in [9.17, 15) is 13.2 Å². The summed E-state index contributed by atoms with van der Waals surface area (Å²) in [6, 6.07) is 12.3. The Morgan fingerprint density at radius 1 is 1.15 bits per heavy atom. The predicted molar refractivity (Wildman–Crippen MR) is 115 cm³/mol. The first-order valence-corrected chi connectivity index (χ1v) is 12.3. The number of thioether (sulfide) groups is 2. The van der Waals surface area contributed by atoms with Crippen LogP contribution in [0.2, 0.25) is 5.02 Å². The molecule has 0 bridgehead atoms. The molecule has 2 aromatic carbocycles.